The molecule has 0 atom stereocenters. The van der Waals surface area contributed by atoms with Crippen LogP contribution in [0.2, 0.25) is 0 Å². The Balaban J connectivity index is 1.83. The van der Waals surface area contributed by atoms with Crippen molar-refractivity contribution >= 4 is 21.8 Å². The zero-order chi connectivity index (χ0) is 27.4. The third kappa shape index (κ3) is 5.26. The van der Waals surface area contributed by atoms with E-state index in [4.69, 9.17) is 4.74 Å². The normalized spacial score (nSPS) is 15.3. The minimum absolute atomic E-state index is 0.0279. The Kier molecular flexibility index (Phi) is 8.66. The van der Waals surface area contributed by atoms with Gasteiger partial charge in [0.05, 0.1) is 29.4 Å². The molecule has 0 aliphatic carbocycles. The molecule has 1 fully saturated rings. The molecule has 0 unspecified atom stereocenters. The predicted molar refractivity (Wildman–Crippen MR) is 143 cm³/mol. The second kappa shape index (κ2) is 11.8. The Morgan fingerprint density at radius 1 is 1.16 bits per heavy atom. The number of aliphatic hydroxyl groups is 1. The molecule has 1 aromatic carbocycles. The average Bonchev–Trinajstić information content (AvgIpc) is 3.18. The highest BCUT2D eigenvalue weighted by Crippen LogP contribution is 2.32. The van der Waals surface area contributed by atoms with Crippen LogP contribution in [0.25, 0.3) is 16.9 Å². The van der Waals surface area contributed by atoms with Crippen molar-refractivity contribution in [2.45, 2.75) is 44.9 Å². The Hall–Kier alpha value is -3.06. The third-order valence-corrected chi connectivity index (χ3v) is 8.74. The number of benzene rings is 1. The van der Waals surface area contributed by atoms with Crippen molar-refractivity contribution in [3.05, 3.63) is 45.4 Å². The fourth-order valence-electron chi connectivity index (χ4n) is 4.85. The summed E-state index contributed by atoms with van der Waals surface area (Å²) in [5, 5.41) is 13.8. The summed E-state index contributed by atoms with van der Waals surface area (Å²) in [6, 6.07) is 4.59. The lowest BCUT2D eigenvalue weighted by atomic mass is 10.1. The summed E-state index contributed by atoms with van der Waals surface area (Å²) in [7, 11) is -3.83. The van der Waals surface area contributed by atoms with Gasteiger partial charge in [0.25, 0.3) is 5.56 Å². The van der Waals surface area contributed by atoms with Gasteiger partial charge in [0, 0.05) is 38.3 Å². The first-order valence-electron chi connectivity index (χ1n) is 13.0. The Labute approximate surface area is 222 Å². The van der Waals surface area contributed by atoms with Crippen LogP contribution in [0.3, 0.4) is 0 Å². The van der Waals surface area contributed by atoms with Gasteiger partial charge in [-0.2, -0.15) is 4.31 Å². The van der Waals surface area contributed by atoms with Crippen LogP contribution >= 0.6 is 0 Å². The van der Waals surface area contributed by atoms with Gasteiger partial charge in [0.1, 0.15) is 11.3 Å². The number of aliphatic hydroxyl groups excluding tert-OH is 1. The summed E-state index contributed by atoms with van der Waals surface area (Å²) in [4.78, 5) is 29.9. The van der Waals surface area contributed by atoms with E-state index in [0.717, 1.165) is 19.1 Å². The van der Waals surface area contributed by atoms with E-state index in [2.05, 4.69) is 10.1 Å². The molecule has 2 N–H and O–H groups in total. The molecule has 0 amide bonds. The zero-order valence-electron chi connectivity index (χ0n) is 22.1. The smallest absolute Gasteiger partial charge is 0.275 e. The molecular formula is C26H35N5O6S. The molecule has 1 aliphatic rings. The molecule has 11 nitrogen and oxygen atoms in total. The molecule has 12 heteroatoms. The number of carbonyl (C=O) groups excluding carboxylic acids is 1. The summed E-state index contributed by atoms with van der Waals surface area (Å²) in [6.07, 6.45) is 2.79. The van der Waals surface area contributed by atoms with Crippen LogP contribution in [0.4, 0.5) is 0 Å². The lowest BCUT2D eigenvalue weighted by Gasteiger charge is -2.33. The van der Waals surface area contributed by atoms with E-state index in [1.165, 1.54) is 21.0 Å². The third-order valence-electron chi connectivity index (χ3n) is 6.84. The molecule has 4 rings (SSSR count). The van der Waals surface area contributed by atoms with Crippen molar-refractivity contribution in [2.24, 2.45) is 0 Å². The number of fused-ring (bicyclic) bond motifs is 1. The van der Waals surface area contributed by atoms with E-state index < -0.39 is 15.6 Å². The number of piperazine rings is 1. The molecule has 2 aromatic heterocycles. The van der Waals surface area contributed by atoms with Crippen LogP contribution in [-0.2, 0) is 16.4 Å². The molecule has 0 saturated carbocycles. The van der Waals surface area contributed by atoms with Crippen molar-refractivity contribution in [1.29, 1.82) is 0 Å². The van der Waals surface area contributed by atoms with E-state index in [9.17, 15) is 23.1 Å². The lowest BCUT2D eigenvalue weighted by molar-refractivity contribution is 0.112. The van der Waals surface area contributed by atoms with Gasteiger partial charge in [-0.05, 0) is 43.5 Å². The molecule has 3 aromatic rings. The van der Waals surface area contributed by atoms with Crippen LogP contribution < -0.4 is 10.3 Å². The zero-order valence-corrected chi connectivity index (χ0v) is 22.9. The van der Waals surface area contributed by atoms with Gasteiger partial charge >= 0.3 is 0 Å². The fraction of sp³-hybridized carbons (Fsp3) is 0.500. The van der Waals surface area contributed by atoms with Crippen molar-refractivity contribution < 1.29 is 23.1 Å². The highest BCUT2D eigenvalue weighted by atomic mass is 32.2. The number of nitrogens with zero attached hydrogens (tertiary/aromatic N) is 4. The lowest BCUT2D eigenvalue weighted by Crippen LogP contribution is -2.49. The number of hydrogen-bond donors (Lipinski definition) is 2. The Morgan fingerprint density at radius 3 is 2.53 bits per heavy atom. The first kappa shape index (κ1) is 28.0. The molecule has 0 bridgehead atoms. The van der Waals surface area contributed by atoms with Crippen LogP contribution in [-0.4, -0.2) is 89.6 Å². The summed E-state index contributed by atoms with van der Waals surface area (Å²) in [5.74, 6) is 0.556. The maximum atomic E-state index is 13.5. The van der Waals surface area contributed by atoms with E-state index in [1.54, 1.807) is 13.0 Å². The van der Waals surface area contributed by atoms with Gasteiger partial charge in [0.2, 0.25) is 10.0 Å². The number of aromatic amines is 1. The molecule has 38 heavy (non-hydrogen) atoms. The van der Waals surface area contributed by atoms with Gasteiger partial charge in [0.15, 0.2) is 12.1 Å². The number of aromatic nitrogens is 3. The highest BCUT2D eigenvalue weighted by molar-refractivity contribution is 7.89. The SMILES string of the molecule is CCCOc1ccc(S(=O)(=O)N2CCN(CCO)CC2)cc1-c1nn2c(CCC)c(C=O)c(C)c2c(=O)[nH]1. The Bertz CT molecular complexity index is 1470. The standard InChI is InChI=1S/C26H35N5O6S/c1-4-6-22-21(17-33)18(3)24-26(34)27-25(28-31(22)24)20-16-19(7-8-23(20)37-15-5-2)38(35,36)30-11-9-29(10-12-30)13-14-32/h7-8,16-17,32H,4-6,9-15H2,1-3H3,(H,27,28,34). The molecule has 0 radical (unpaired) electrons. The molecular weight excluding hydrogens is 510 g/mol. The molecule has 1 saturated heterocycles. The van der Waals surface area contributed by atoms with Gasteiger partial charge in [-0.1, -0.05) is 20.3 Å². The minimum atomic E-state index is -3.83. The maximum absolute atomic E-state index is 13.5. The predicted octanol–water partition coefficient (Wildman–Crippen LogP) is 1.85. The number of hydrogen-bond acceptors (Lipinski definition) is 8. The van der Waals surface area contributed by atoms with Crippen molar-refractivity contribution in [2.75, 3.05) is 45.9 Å². The number of sulfonamides is 1. The number of β-amino-alcohol motifs (C(OH)–C–C–N with tert-alkyl or cyclic N) is 1. The number of aryl methyl sites for hydroxylation is 2. The number of carbonyl (C=O) groups is 1. The fourth-order valence-corrected chi connectivity index (χ4v) is 6.30. The molecule has 206 valence electrons. The molecule has 1 aliphatic heterocycles. The minimum Gasteiger partial charge on any atom is -0.493 e. The van der Waals surface area contributed by atoms with Crippen molar-refractivity contribution in [3.8, 4) is 17.1 Å². The van der Waals surface area contributed by atoms with E-state index in [1.807, 2.05) is 18.7 Å². The number of ether oxygens (including phenoxy) is 1. The summed E-state index contributed by atoms with van der Waals surface area (Å²) in [6.45, 7) is 8.27. The summed E-state index contributed by atoms with van der Waals surface area (Å²) in [5.41, 5.74) is 1.86. The van der Waals surface area contributed by atoms with Crippen LogP contribution in [0.5, 0.6) is 5.75 Å². The van der Waals surface area contributed by atoms with Crippen LogP contribution in [0.15, 0.2) is 27.9 Å². The average molecular weight is 546 g/mol. The quantitative estimate of drug-likeness (QED) is 0.348. The van der Waals surface area contributed by atoms with Gasteiger partial charge < -0.3 is 14.8 Å². The Morgan fingerprint density at radius 2 is 1.89 bits per heavy atom. The van der Waals surface area contributed by atoms with Crippen LogP contribution in [0, 0.1) is 6.92 Å². The number of aldehydes is 1. The second-order valence-electron chi connectivity index (χ2n) is 9.39. The van der Waals surface area contributed by atoms with Crippen molar-refractivity contribution in [1.82, 2.24) is 23.8 Å². The number of H-pyrrole nitrogens is 1. The molecule has 3 heterocycles. The first-order chi connectivity index (χ1) is 18.3. The topological polar surface area (TPSA) is 137 Å². The summed E-state index contributed by atoms with van der Waals surface area (Å²) >= 11 is 0. The number of rotatable bonds is 11. The largest absolute Gasteiger partial charge is 0.493 e. The second-order valence-corrected chi connectivity index (χ2v) is 11.3. The summed E-state index contributed by atoms with van der Waals surface area (Å²) < 4.78 is 35.9. The first-order valence-corrected chi connectivity index (χ1v) is 14.4. The van der Waals surface area contributed by atoms with Gasteiger partial charge in [-0.25, -0.2) is 12.9 Å². The van der Waals surface area contributed by atoms with Gasteiger partial charge in [-0.3, -0.25) is 14.5 Å². The maximum Gasteiger partial charge on any atom is 0.275 e. The monoisotopic (exact) mass is 545 g/mol. The highest BCUT2D eigenvalue weighted by Gasteiger charge is 2.30. The van der Waals surface area contributed by atoms with E-state index in [0.29, 0.717) is 79.4 Å². The van der Waals surface area contributed by atoms with Gasteiger partial charge in [-0.15, -0.1) is 5.10 Å². The van der Waals surface area contributed by atoms with E-state index in [-0.39, 0.29) is 17.3 Å². The van der Waals surface area contributed by atoms with Crippen molar-refractivity contribution in [3.63, 3.8) is 0 Å². The number of nitrogens with one attached hydrogen (secondary N) is 1. The van der Waals surface area contributed by atoms with E-state index >= 15 is 0 Å². The van der Waals surface area contributed by atoms with Crippen LogP contribution in [0.1, 0.15) is 48.3 Å². The molecule has 0 spiro atoms.